The van der Waals surface area contributed by atoms with Crippen molar-refractivity contribution < 1.29 is 33.3 Å². The van der Waals surface area contributed by atoms with Gasteiger partial charge in [-0.2, -0.15) is 0 Å². The fourth-order valence-corrected chi connectivity index (χ4v) is 5.45. The second-order valence-electron chi connectivity index (χ2n) is 13.6. The van der Waals surface area contributed by atoms with Gasteiger partial charge >= 0.3 is 6.09 Å². The number of hydrogen-bond donors (Lipinski definition) is 1. The van der Waals surface area contributed by atoms with E-state index in [4.69, 9.17) is 29.4 Å². The smallest absolute Gasteiger partial charge is 0.410 e. The Balaban J connectivity index is 1.88. The first-order valence-electron chi connectivity index (χ1n) is 17.0. The highest BCUT2D eigenvalue weighted by atomic mass is 16.6. The predicted molar refractivity (Wildman–Crippen MR) is 185 cm³/mol. The fraction of sp³-hybridized carbons (Fsp3) is 0.622. The Morgan fingerprint density at radius 1 is 1.04 bits per heavy atom. The first kappa shape index (κ1) is 38.0. The van der Waals surface area contributed by atoms with E-state index in [1.54, 1.807) is 37.3 Å². The van der Waals surface area contributed by atoms with Crippen molar-refractivity contribution in [1.29, 1.82) is 0 Å². The Morgan fingerprint density at radius 3 is 2.36 bits per heavy atom. The van der Waals surface area contributed by atoms with Gasteiger partial charge in [-0.05, 0) is 76.4 Å². The van der Waals surface area contributed by atoms with E-state index in [0.29, 0.717) is 56.5 Å². The number of carbonyl (C=O) groups excluding carboxylic acids is 2. The van der Waals surface area contributed by atoms with E-state index in [0.717, 1.165) is 49.8 Å². The van der Waals surface area contributed by atoms with Gasteiger partial charge in [-0.3, -0.25) is 4.79 Å². The highest BCUT2D eigenvalue weighted by molar-refractivity contribution is 5.98. The van der Waals surface area contributed by atoms with Gasteiger partial charge in [0.1, 0.15) is 17.1 Å². The summed E-state index contributed by atoms with van der Waals surface area (Å²) in [5.41, 5.74) is 7.50. The van der Waals surface area contributed by atoms with E-state index in [1.807, 2.05) is 56.9 Å². The summed E-state index contributed by atoms with van der Waals surface area (Å²) >= 11 is 0. The van der Waals surface area contributed by atoms with Gasteiger partial charge in [0.15, 0.2) is 0 Å². The molecule has 0 aromatic heterocycles. The molecule has 0 aliphatic carbocycles. The maximum atomic E-state index is 14.4. The Bertz CT molecular complexity index is 1250. The van der Waals surface area contributed by atoms with E-state index in [9.17, 15) is 9.59 Å². The molecule has 0 saturated carbocycles. The molecule has 1 aliphatic rings. The van der Waals surface area contributed by atoms with Gasteiger partial charge in [0.05, 0.1) is 51.2 Å². The van der Waals surface area contributed by atoms with Crippen molar-refractivity contribution in [1.82, 2.24) is 9.80 Å². The topological polar surface area (TPSA) is 113 Å². The maximum Gasteiger partial charge on any atom is 0.410 e. The quantitative estimate of drug-likeness (QED) is 0.304. The first-order chi connectivity index (χ1) is 22.4. The van der Waals surface area contributed by atoms with Crippen molar-refractivity contribution in [2.75, 3.05) is 52.8 Å². The largest absolute Gasteiger partial charge is 0.497 e. The van der Waals surface area contributed by atoms with Crippen LogP contribution < -0.4 is 15.2 Å². The standard InChI is InChI=1S/C37H57N3O7/c1-27-23-40(28(2)25-44-26-29-14-17-31(43-7)18-15-29)35(41)32-22-30(38)16-19-33(32)45-20-12-10-8-9-11-13-21-46-34(27)24-39(6)36(42)47-37(3,4)5/h14-19,22,27-28,34H,8-13,20-21,23-26,38H2,1-7H3/t27-,28+,34+/m1/s1. The molecule has 2 aromatic rings. The second-order valence-corrected chi connectivity index (χ2v) is 13.6. The molecule has 3 rings (SSSR count). The SMILES string of the molecule is COc1ccc(COC[C@H](C)N2C[C@@H](C)[C@H](CN(C)C(=O)OC(C)(C)C)OCCCCCCCCOc3ccc(N)cc3C2=O)cc1. The fourth-order valence-electron chi connectivity index (χ4n) is 5.45. The van der Waals surface area contributed by atoms with Crippen molar-refractivity contribution in [3.05, 3.63) is 53.6 Å². The maximum absolute atomic E-state index is 14.4. The average Bonchev–Trinajstić information content (AvgIpc) is 3.03. The second kappa shape index (κ2) is 18.7. The molecule has 0 radical (unpaired) electrons. The van der Waals surface area contributed by atoms with Crippen molar-refractivity contribution >= 4 is 17.7 Å². The summed E-state index contributed by atoms with van der Waals surface area (Å²) in [6, 6.07) is 12.7. The van der Waals surface area contributed by atoms with E-state index < -0.39 is 11.7 Å². The van der Waals surface area contributed by atoms with Gasteiger partial charge in [-0.25, -0.2) is 4.79 Å². The average molecular weight is 656 g/mol. The van der Waals surface area contributed by atoms with Gasteiger partial charge < -0.3 is 39.2 Å². The lowest BCUT2D eigenvalue weighted by molar-refractivity contribution is -0.0264. The summed E-state index contributed by atoms with van der Waals surface area (Å²) in [6.45, 7) is 12.1. The zero-order chi connectivity index (χ0) is 34.4. The van der Waals surface area contributed by atoms with Crippen molar-refractivity contribution in [2.45, 2.75) is 97.5 Å². The zero-order valence-electron chi connectivity index (χ0n) is 29.6. The highest BCUT2D eigenvalue weighted by Crippen LogP contribution is 2.27. The number of rotatable bonds is 8. The van der Waals surface area contributed by atoms with Crippen molar-refractivity contribution in [2.24, 2.45) is 5.92 Å². The van der Waals surface area contributed by atoms with E-state index in [1.165, 1.54) is 0 Å². The molecule has 0 unspecified atom stereocenters. The minimum atomic E-state index is -0.612. The Hall–Kier alpha value is -3.50. The van der Waals surface area contributed by atoms with Gasteiger partial charge in [0.25, 0.3) is 5.91 Å². The minimum Gasteiger partial charge on any atom is -0.497 e. The minimum absolute atomic E-state index is 0.131. The monoisotopic (exact) mass is 655 g/mol. The number of nitrogens with zero attached hydrogens (tertiary/aromatic N) is 2. The molecule has 1 heterocycles. The Labute approximate surface area is 281 Å². The number of nitrogen functional groups attached to an aromatic ring is 1. The van der Waals surface area contributed by atoms with Crippen LogP contribution in [0.2, 0.25) is 0 Å². The van der Waals surface area contributed by atoms with Crippen LogP contribution >= 0.6 is 0 Å². The number of anilines is 1. The Morgan fingerprint density at radius 2 is 1.70 bits per heavy atom. The third kappa shape index (κ3) is 12.9. The van der Waals surface area contributed by atoms with Crippen LogP contribution in [0.25, 0.3) is 0 Å². The lowest BCUT2D eigenvalue weighted by Crippen LogP contribution is -2.48. The summed E-state index contributed by atoms with van der Waals surface area (Å²) in [6.07, 6.45) is 5.44. The van der Waals surface area contributed by atoms with Crippen LogP contribution in [-0.2, 0) is 20.8 Å². The molecular formula is C37H57N3O7. The molecule has 2 amide bonds. The first-order valence-corrected chi connectivity index (χ1v) is 17.0. The lowest BCUT2D eigenvalue weighted by atomic mass is 10.0. The molecule has 0 saturated heterocycles. The summed E-state index contributed by atoms with van der Waals surface area (Å²) < 4.78 is 29.7. The predicted octanol–water partition coefficient (Wildman–Crippen LogP) is 6.95. The van der Waals surface area contributed by atoms with Crippen LogP contribution in [0.3, 0.4) is 0 Å². The number of hydrogen-bond acceptors (Lipinski definition) is 8. The summed E-state index contributed by atoms with van der Waals surface area (Å²) in [5, 5.41) is 0. The molecule has 47 heavy (non-hydrogen) atoms. The number of fused-ring (bicyclic) bond motifs is 1. The van der Waals surface area contributed by atoms with E-state index in [2.05, 4.69) is 6.92 Å². The molecule has 262 valence electrons. The highest BCUT2D eigenvalue weighted by Gasteiger charge is 2.31. The summed E-state index contributed by atoms with van der Waals surface area (Å²) in [5.74, 6) is 0.982. The number of ether oxygens (including phenoxy) is 5. The molecule has 0 bridgehead atoms. The van der Waals surface area contributed by atoms with Crippen LogP contribution in [0.4, 0.5) is 10.5 Å². The molecule has 10 nitrogen and oxygen atoms in total. The van der Waals surface area contributed by atoms with Crippen molar-refractivity contribution in [3.63, 3.8) is 0 Å². The van der Waals surface area contributed by atoms with Crippen LogP contribution in [0, 0.1) is 5.92 Å². The molecular weight excluding hydrogens is 598 g/mol. The summed E-state index contributed by atoms with van der Waals surface area (Å²) in [7, 11) is 3.36. The molecule has 3 atom stereocenters. The van der Waals surface area contributed by atoms with Gasteiger partial charge in [0.2, 0.25) is 0 Å². The van der Waals surface area contributed by atoms with Crippen molar-refractivity contribution in [3.8, 4) is 11.5 Å². The van der Waals surface area contributed by atoms with Crippen LogP contribution in [0.5, 0.6) is 11.5 Å². The van der Waals surface area contributed by atoms with E-state index >= 15 is 0 Å². The lowest BCUT2D eigenvalue weighted by Gasteiger charge is -2.36. The normalized spacial score (nSPS) is 19.6. The Kier molecular flexibility index (Phi) is 15.1. The van der Waals surface area contributed by atoms with E-state index in [-0.39, 0.29) is 24.0 Å². The molecule has 0 spiro atoms. The third-order valence-electron chi connectivity index (χ3n) is 8.22. The zero-order valence-corrected chi connectivity index (χ0v) is 29.6. The number of methoxy groups -OCH3 is 1. The van der Waals surface area contributed by atoms with Gasteiger partial charge in [-0.1, -0.05) is 44.7 Å². The molecule has 0 fully saturated rings. The van der Waals surface area contributed by atoms with Crippen LogP contribution in [-0.4, -0.2) is 86.6 Å². The van der Waals surface area contributed by atoms with Gasteiger partial charge in [0, 0.05) is 31.8 Å². The van der Waals surface area contributed by atoms with Crippen LogP contribution in [0.1, 0.15) is 89.1 Å². The van der Waals surface area contributed by atoms with Gasteiger partial charge in [-0.15, -0.1) is 0 Å². The number of benzene rings is 2. The number of amides is 2. The number of likely N-dealkylation sites (N-methyl/N-ethyl adjacent to an activating group) is 1. The molecule has 2 N–H and O–H groups in total. The van der Waals surface area contributed by atoms with Crippen LogP contribution in [0.15, 0.2) is 42.5 Å². The molecule has 2 aromatic carbocycles. The number of carbonyl (C=O) groups is 2. The molecule has 10 heteroatoms. The number of nitrogens with two attached hydrogens (primary N) is 1. The summed E-state index contributed by atoms with van der Waals surface area (Å²) in [4.78, 5) is 30.7. The third-order valence-corrected chi connectivity index (χ3v) is 8.22. The molecule has 1 aliphatic heterocycles.